The van der Waals surface area contributed by atoms with Crippen molar-refractivity contribution in [2.75, 3.05) is 4.90 Å². The summed E-state index contributed by atoms with van der Waals surface area (Å²) in [4.78, 5) is 40.1. The molecule has 0 aromatic heterocycles. The molecule has 2 amide bonds. The molecule has 7 heteroatoms. The lowest BCUT2D eigenvalue weighted by Gasteiger charge is -2.29. The number of carbonyl (C=O) groups is 2. The highest BCUT2D eigenvalue weighted by Crippen LogP contribution is 2.44. The van der Waals surface area contributed by atoms with E-state index < -0.39 is 16.7 Å². The van der Waals surface area contributed by atoms with Gasteiger partial charge in [0.15, 0.2) is 0 Å². The Morgan fingerprint density at radius 2 is 1.59 bits per heavy atom. The third kappa shape index (κ3) is 3.23. The van der Waals surface area contributed by atoms with E-state index in [2.05, 4.69) is 15.9 Å². The summed E-state index contributed by atoms with van der Waals surface area (Å²) in [6.07, 6.45) is 0. The first-order chi connectivity index (χ1) is 16.2. The zero-order valence-corrected chi connectivity index (χ0v) is 20.3. The van der Waals surface area contributed by atoms with Crippen molar-refractivity contribution >= 4 is 49.9 Å². The number of nitrogens with zero attached hydrogens (tertiary/aromatic N) is 2. The number of imide groups is 1. The van der Waals surface area contributed by atoms with E-state index in [0.717, 1.165) is 26.1 Å². The molecule has 5 rings (SSSR count). The van der Waals surface area contributed by atoms with Crippen LogP contribution < -0.4 is 4.90 Å². The minimum absolute atomic E-state index is 0.148. The summed E-state index contributed by atoms with van der Waals surface area (Å²) in [6.45, 7) is 5.67. The number of benzene rings is 4. The Balaban J connectivity index is 1.84. The fraction of sp³-hybridized carbons (Fsp3) is 0.111. The summed E-state index contributed by atoms with van der Waals surface area (Å²) in [6, 6.07) is 17.4. The molecular weight excluding hydrogens is 496 g/mol. The van der Waals surface area contributed by atoms with Crippen molar-refractivity contribution in [3.05, 3.63) is 103 Å². The van der Waals surface area contributed by atoms with Gasteiger partial charge in [0.05, 0.1) is 21.7 Å². The Hall–Kier alpha value is -3.84. The third-order valence-electron chi connectivity index (χ3n) is 6.24. The van der Waals surface area contributed by atoms with E-state index in [-0.39, 0.29) is 11.3 Å². The van der Waals surface area contributed by atoms with Gasteiger partial charge in [0.1, 0.15) is 0 Å². The summed E-state index contributed by atoms with van der Waals surface area (Å²) in [7, 11) is 0. The van der Waals surface area contributed by atoms with E-state index in [1.54, 1.807) is 30.3 Å². The van der Waals surface area contributed by atoms with Crippen molar-refractivity contribution in [2.45, 2.75) is 20.8 Å². The molecule has 0 radical (unpaired) electrons. The first-order valence-electron chi connectivity index (χ1n) is 10.7. The maximum absolute atomic E-state index is 13.6. The predicted octanol–water partition coefficient (Wildman–Crippen LogP) is 6.90. The van der Waals surface area contributed by atoms with Crippen molar-refractivity contribution in [1.29, 1.82) is 0 Å². The lowest BCUT2D eigenvalue weighted by atomic mass is 9.87. The number of hydrogen-bond acceptors (Lipinski definition) is 4. The maximum Gasteiger partial charge on any atom is 0.278 e. The van der Waals surface area contributed by atoms with Crippen LogP contribution in [0.15, 0.2) is 65.1 Å². The molecule has 4 aromatic carbocycles. The molecule has 1 heterocycles. The van der Waals surface area contributed by atoms with Crippen molar-refractivity contribution in [3.8, 4) is 11.1 Å². The van der Waals surface area contributed by atoms with Gasteiger partial charge in [0.2, 0.25) is 0 Å². The topological polar surface area (TPSA) is 80.5 Å². The third-order valence-corrected chi connectivity index (χ3v) is 7.13. The SMILES string of the molecule is Cc1ccc(N2C(=O)c3cccc4c(-c5ccc(Br)c(C)c5)c([N+](=O)[O-])cc(c34)C2=O)c(C)c1. The van der Waals surface area contributed by atoms with Crippen molar-refractivity contribution in [1.82, 2.24) is 0 Å². The second-order valence-electron chi connectivity index (χ2n) is 8.50. The van der Waals surface area contributed by atoms with Crippen LogP contribution in [-0.4, -0.2) is 16.7 Å². The minimum atomic E-state index is -0.567. The molecule has 0 bridgehead atoms. The van der Waals surface area contributed by atoms with Crippen LogP contribution in [0.5, 0.6) is 0 Å². The Labute approximate surface area is 204 Å². The zero-order valence-electron chi connectivity index (χ0n) is 18.7. The summed E-state index contributed by atoms with van der Waals surface area (Å²) in [5, 5.41) is 13.1. The Morgan fingerprint density at radius 1 is 0.853 bits per heavy atom. The number of aryl methyl sites for hydroxylation is 3. The van der Waals surface area contributed by atoms with Gasteiger partial charge in [-0.25, -0.2) is 4.90 Å². The summed E-state index contributed by atoms with van der Waals surface area (Å²) in [5.41, 5.74) is 4.52. The van der Waals surface area contributed by atoms with Gasteiger partial charge in [-0.15, -0.1) is 0 Å². The van der Waals surface area contributed by atoms with Crippen molar-refractivity contribution in [2.24, 2.45) is 0 Å². The normalized spacial score (nSPS) is 13.0. The number of amides is 2. The number of nitro groups is 1. The molecule has 0 spiro atoms. The molecule has 0 saturated carbocycles. The summed E-state index contributed by atoms with van der Waals surface area (Å²) < 4.78 is 0.885. The molecule has 0 fully saturated rings. The Bertz CT molecular complexity index is 1580. The minimum Gasteiger partial charge on any atom is -0.268 e. The molecule has 0 aliphatic carbocycles. The quantitative estimate of drug-likeness (QED) is 0.169. The van der Waals surface area contributed by atoms with Crippen molar-refractivity contribution < 1.29 is 14.5 Å². The van der Waals surface area contributed by atoms with Crippen LogP contribution >= 0.6 is 15.9 Å². The standard InChI is InChI=1S/C27H19BrN2O4/c1-14-7-10-22(16(3)11-14)29-26(31)19-6-4-5-18-24(17-8-9-21(28)15(2)12-17)23(30(33)34)13-20(25(18)19)27(29)32/h4-13H,1-3H3. The first kappa shape index (κ1) is 22.0. The van der Waals surface area contributed by atoms with E-state index in [1.807, 2.05) is 45.0 Å². The molecule has 6 nitrogen and oxygen atoms in total. The molecule has 34 heavy (non-hydrogen) atoms. The Morgan fingerprint density at radius 3 is 2.26 bits per heavy atom. The molecular formula is C27H19BrN2O4. The lowest BCUT2D eigenvalue weighted by molar-refractivity contribution is -0.384. The average molecular weight is 515 g/mol. The number of hydrogen-bond donors (Lipinski definition) is 0. The number of rotatable bonds is 3. The van der Waals surface area contributed by atoms with Crippen LogP contribution in [0.1, 0.15) is 37.4 Å². The van der Waals surface area contributed by atoms with E-state index in [0.29, 0.717) is 33.2 Å². The highest BCUT2D eigenvalue weighted by Gasteiger charge is 2.37. The second kappa shape index (κ2) is 7.88. The summed E-state index contributed by atoms with van der Waals surface area (Å²) in [5.74, 6) is -1.01. The van der Waals surface area contributed by atoms with Gasteiger partial charge >= 0.3 is 0 Å². The molecule has 1 aliphatic heterocycles. The van der Waals surface area contributed by atoms with Crippen LogP contribution in [-0.2, 0) is 0 Å². The van der Waals surface area contributed by atoms with Gasteiger partial charge in [-0.05, 0) is 61.0 Å². The largest absolute Gasteiger partial charge is 0.278 e. The van der Waals surface area contributed by atoms with E-state index in [1.165, 1.54) is 6.07 Å². The predicted molar refractivity (Wildman–Crippen MR) is 136 cm³/mol. The molecule has 1 aliphatic rings. The fourth-order valence-electron chi connectivity index (χ4n) is 4.67. The number of carbonyl (C=O) groups excluding carboxylic acids is 2. The molecule has 0 N–H and O–H groups in total. The van der Waals surface area contributed by atoms with Gasteiger partial charge in [-0.2, -0.15) is 0 Å². The lowest BCUT2D eigenvalue weighted by Crippen LogP contribution is -2.41. The smallest absolute Gasteiger partial charge is 0.268 e. The number of halogens is 1. The first-order valence-corrected chi connectivity index (χ1v) is 11.4. The zero-order chi connectivity index (χ0) is 24.3. The van der Waals surface area contributed by atoms with Gasteiger partial charge in [-0.3, -0.25) is 19.7 Å². The molecule has 0 saturated heterocycles. The Kier molecular flexibility index (Phi) is 5.10. The van der Waals surface area contributed by atoms with Crippen molar-refractivity contribution in [3.63, 3.8) is 0 Å². The number of anilines is 1. The highest BCUT2D eigenvalue weighted by atomic mass is 79.9. The highest BCUT2D eigenvalue weighted by molar-refractivity contribution is 9.10. The van der Waals surface area contributed by atoms with Crippen LogP contribution in [0, 0.1) is 30.9 Å². The van der Waals surface area contributed by atoms with Crippen LogP contribution in [0.25, 0.3) is 21.9 Å². The van der Waals surface area contributed by atoms with E-state index in [4.69, 9.17) is 0 Å². The molecule has 168 valence electrons. The molecule has 0 unspecified atom stereocenters. The monoisotopic (exact) mass is 514 g/mol. The maximum atomic E-state index is 13.6. The van der Waals surface area contributed by atoms with Gasteiger partial charge in [0, 0.05) is 21.5 Å². The van der Waals surface area contributed by atoms with Crippen LogP contribution in [0.3, 0.4) is 0 Å². The molecule has 4 aromatic rings. The van der Waals surface area contributed by atoms with Crippen LogP contribution in [0.4, 0.5) is 11.4 Å². The van der Waals surface area contributed by atoms with Crippen LogP contribution in [0.2, 0.25) is 0 Å². The van der Waals surface area contributed by atoms with E-state index >= 15 is 0 Å². The average Bonchev–Trinajstić information content (AvgIpc) is 2.80. The van der Waals surface area contributed by atoms with Gasteiger partial charge in [-0.1, -0.05) is 57.9 Å². The fourth-order valence-corrected chi connectivity index (χ4v) is 4.92. The number of nitro benzene ring substituents is 1. The van der Waals surface area contributed by atoms with Gasteiger partial charge in [0.25, 0.3) is 17.5 Å². The second-order valence-corrected chi connectivity index (χ2v) is 9.36. The van der Waals surface area contributed by atoms with E-state index in [9.17, 15) is 19.7 Å². The molecule has 0 atom stereocenters. The van der Waals surface area contributed by atoms with Gasteiger partial charge < -0.3 is 0 Å². The summed E-state index contributed by atoms with van der Waals surface area (Å²) >= 11 is 3.47.